The maximum Gasteiger partial charge on any atom is 0.0543 e. The van der Waals surface area contributed by atoms with Crippen molar-refractivity contribution in [3.8, 4) is 22.3 Å². The van der Waals surface area contributed by atoms with Crippen LogP contribution in [0.1, 0.15) is 80.5 Å². The number of allylic oxidation sites excluding steroid dienone is 4. The molecule has 7 aromatic rings. The van der Waals surface area contributed by atoms with Gasteiger partial charge in [-0.1, -0.05) is 178 Å². The van der Waals surface area contributed by atoms with Crippen LogP contribution in [0.4, 0.5) is 17.1 Å². The molecule has 0 aromatic heterocycles. The van der Waals surface area contributed by atoms with E-state index in [0.717, 1.165) is 12.1 Å². The van der Waals surface area contributed by atoms with E-state index >= 15 is 0 Å². The fourth-order valence-corrected chi connectivity index (χ4v) is 10.6. The number of anilines is 3. The van der Waals surface area contributed by atoms with Crippen LogP contribution in [0.3, 0.4) is 0 Å². The first kappa shape index (κ1) is 34.6. The second kappa shape index (κ2) is 14.3. The molecule has 0 bridgehead atoms. The Morgan fingerprint density at radius 3 is 2.00 bits per heavy atom. The second-order valence-electron chi connectivity index (χ2n) is 16.4. The third kappa shape index (κ3) is 5.67. The largest absolute Gasteiger partial charge is 0.309 e. The summed E-state index contributed by atoms with van der Waals surface area (Å²) < 4.78 is 0. The Labute approximate surface area is 332 Å². The Kier molecular flexibility index (Phi) is 8.82. The summed E-state index contributed by atoms with van der Waals surface area (Å²) in [6, 6.07) is 61.4. The number of para-hydroxylation sites is 1. The highest BCUT2D eigenvalue weighted by molar-refractivity contribution is 6.05. The van der Waals surface area contributed by atoms with Crippen LogP contribution >= 0.6 is 0 Å². The quantitative estimate of drug-likeness (QED) is 0.158. The summed E-state index contributed by atoms with van der Waals surface area (Å²) in [7, 11) is 0. The highest BCUT2D eigenvalue weighted by Gasteiger charge is 2.46. The Bertz CT molecular complexity index is 2600. The molecule has 2 unspecified atom stereocenters. The molecule has 0 heterocycles. The fourth-order valence-electron chi connectivity index (χ4n) is 10.6. The van der Waals surface area contributed by atoms with Crippen LogP contribution in [-0.2, 0) is 5.41 Å². The van der Waals surface area contributed by atoms with Gasteiger partial charge in [0.2, 0.25) is 0 Å². The summed E-state index contributed by atoms with van der Waals surface area (Å²) in [5.41, 5.74) is 16.9. The van der Waals surface area contributed by atoms with E-state index in [2.05, 4.69) is 195 Å². The van der Waals surface area contributed by atoms with Crippen molar-refractivity contribution in [3.05, 3.63) is 204 Å². The van der Waals surface area contributed by atoms with Gasteiger partial charge in [-0.15, -0.1) is 0 Å². The lowest BCUT2D eigenvalue weighted by Gasteiger charge is -2.35. The predicted molar refractivity (Wildman–Crippen MR) is 238 cm³/mol. The molecular formula is C55H49N. The Balaban J connectivity index is 1.23. The average Bonchev–Trinajstić information content (AvgIpc) is 3.55. The minimum absolute atomic E-state index is 0.237. The van der Waals surface area contributed by atoms with E-state index in [1.54, 1.807) is 0 Å². The molecule has 0 amide bonds. The van der Waals surface area contributed by atoms with E-state index < -0.39 is 0 Å². The lowest BCUT2D eigenvalue weighted by molar-refractivity contribution is 0.445. The van der Waals surface area contributed by atoms with E-state index in [-0.39, 0.29) is 5.41 Å². The van der Waals surface area contributed by atoms with Crippen molar-refractivity contribution in [2.24, 2.45) is 5.92 Å². The Hall–Kier alpha value is -5.92. The number of nitrogens with zero attached hydrogens (tertiary/aromatic N) is 1. The number of hydrogen-bond acceptors (Lipinski definition) is 1. The van der Waals surface area contributed by atoms with Crippen molar-refractivity contribution in [2.45, 2.75) is 63.7 Å². The van der Waals surface area contributed by atoms with Crippen molar-refractivity contribution in [1.82, 2.24) is 0 Å². The molecule has 0 N–H and O–H groups in total. The van der Waals surface area contributed by atoms with Crippen LogP contribution in [0.5, 0.6) is 0 Å². The molecule has 7 aromatic carbocycles. The van der Waals surface area contributed by atoms with Crippen LogP contribution in [-0.4, -0.2) is 0 Å². The van der Waals surface area contributed by atoms with Crippen LogP contribution in [0.2, 0.25) is 0 Å². The monoisotopic (exact) mass is 723 g/mol. The molecule has 1 fully saturated rings. The van der Waals surface area contributed by atoms with E-state index in [9.17, 15) is 0 Å². The molecule has 274 valence electrons. The van der Waals surface area contributed by atoms with E-state index in [1.807, 2.05) is 0 Å². The Morgan fingerprint density at radius 1 is 0.571 bits per heavy atom. The van der Waals surface area contributed by atoms with Crippen molar-refractivity contribution in [2.75, 3.05) is 4.90 Å². The Morgan fingerprint density at radius 2 is 1.21 bits per heavy atom. The number of rotatable bonds is 7. The van der Waals surface area contributed by atoms with Gasteiger partial charge < -0.3 is 4.90 Å². The SMILES string of the molecule is CC1CC=CC2=C1C(C)(c1ccccc1)c1cccc(N(c3ccc(-c4ccccc4)cc3)c3ccccc3-c3cccc4cccc(C5CCCCC5)c34)c12. The molecule has 10 rings (SSSR count). The predicted octanol–water partition coefficient (Wildman–Crippen LogP) is 15.4. The van der Waals surface area contributed by atoms with Crippen LogP contribution in [0, 0.1) is 5.92 Å². The molecule has 56 heavy (non-hydrogen) atoms. The summed E-state index contributed by atoms with van der Waals surface area (Å²) in [4.78, 5) is 2.57. The van der Waals surface area contributed by atoms with Crippen LogP contribution < -0.4 is 4.90 Å². The zero-order valence-corrected chi connectivity index (χ0v) is 32.6. The topological polar surface area (TPSA) is 3.24 Å². The van der Waals surface area contributed by atoms with Gasteiger partial charge in [0.25, 0.3) is 0 Å². The summed E-state index contributed by atoms with van der Waals surface area (Å²) in [5, 5.41) is 2.74. The second-order valence-corrected chi connectivity index (χ2v) is 16.4. The first-order valence-electron chi connectivity index (χ1n) is 20.8. The molecule has 1 heteroatoms. The molecule has 2 atom stereocenters. The third-order valence-corrected chi connectivity index (χ3v) is 13.2. The molecule has 3 aliphatic carbocycles. The summed E-state index contributed by atoms with van der Waals surface area (Å²) in [5.74, 6) is 1.03. The summed E-state index contributed by atoms with van der Waals surface area (Å²) in [6.07, 6.45) is 12.4. The van der Waals surface area contributed by atoms with Gasteiger partial charge >= 0.3 is 0 Å². The molecule has 0 spiro atoms. The number of benzene rings is 7. The van der Waals surface area contributed by atoms with Gasteiger partial charge in [-0.2, -0.15) is 0 Å². The smallest absolute Gasteiger partial charge is 0.0543 e. The van der Waals surface area contributed by atoms with E-state index in [0.29, 0.717) is 11.8 Å². The number of hydrogen-bond donors (Lipinski definition) is 0. The fraction of sp³-hybridized carbons (Fsp3) is 0.200. The first-order valence-corrected chi connectivity index (χ1v) is 20.8. The molecule has 0 saturated heterocycles. The molecule has 3 aliphatic rings. The van der Waals surface area contributed by atoms with Crippen LogP contribution in [0.15, 0.2) is 182 Å². The standard InChI is InChI=1S/C55H49N/c1-38-18-14-30-48-53-49(55(2,54(38)48)43-25-10-5-11-26-43)31-17-33-51(53)56(44-36-34-40(35-37-44)39-19-6-3-7-20-39)50-32-13-12-27-46(50)47-29-16-24-42-23-15-28-45(52(42)47)41-21-8-4-9-22-41/h3,5-7,10-17,19-20,23-38,41H,4,8-9,18,21-22H2,1-2H3. The zero-order valence-electron chi connectivity index (χ0n) is 32.6. The van der Waals surface area contributed by atoms with Crippen molar-refractivity contribution >= 4 is 33.4 Å². The average molecular weight is 724 g/mol. The van der Waals surface area contributed by atoms with Crippen LogP contribution in [0.25, 0.3) is 38.6 Å². The van der Waals surface area contributed by atoms with Gasteiger partial charge in [0.05, 0.1) is 11.4 Å². The molecule has 0 radical (unpaired) electrons. The van der Waals surface area contributed by atoms with Gasteiger partial charge in [0, 0.05) is 22.2 Å². The van der Waals surface area contributed by atoms with Crippen molar-refractivity contribution in [3.63, 3.8) is 0 Å². The normalized spacial score (nSPS) is 19.2. The zero-order chi connectivity index (χ0) is 37.6. The van der Waals surface area contributed by atoms with Gasteiger partial charge in [-0.25, -0.2) is 0 Å². The lowest BCUT2D eigenvalue weighted by Crippen LogP contribution is -2.28. The number of fused-ring (bicyclic) bond motifs is 3. The summed E-state index contributed by atoms with van der Waals surface area (Å²) >= 11 is 0. The minimum atomic E-state index is -0.237. The molecule has 1 saturated carbocycles. The van der Waals surface area contributed by atoms with Gasteiger partial charge in [-0.05, 0) is 118 Å². The third-order valence-electron chi connectivity index (χ3n) is 13.2. The van der Waals surface area contributed by atoms with Gasteiger partial charge in [0.15, 0.2) is 0 Å². The highest BCUT2D eigenvalue weighted by atomic mass is 15.1. The van der Waals surface area contributed by atoms with Crippen molar-refractivity contribution < 1.29 is 0 Å². The minimum Gasteiger partial charge on any atom is -0.309 e. The molecular weight excluding hydrogens is 675 g/mol. The maximum atomic E-state index is 2.57. The first-order chi connectivity index (χ1) is 27.6. The summed E-state index contributed by atoms with van der Waals surface area (Å²) in [6.45, 7) is 4.89. The van der Waals surface area contributed by atoms with Crippen molar-refractivity contribution in [1.29, 1.82) is 0 Å². The lowest BCUT2D eigenvalue weighted by atomic mass is 9.68. The molecule has 1 nitrogen and oxygen atoms in total. The van der Waals surface area contributed by atoms with Gasteiger partial charge in [-0.3, -0.25) is 0 Å². The van der Waals surface area contributed by atoms with E-state index in [1.165, 1.54) is 110 Å². The van der Waals surface area contributed by atoms with E-state index in [4.69, 9.17) is 0 Å². The molecule has 0 aliphatic heterocycles. The highest BCUT2D eigenvalue weighted by Crippen LogP contribution is 2.59. The maximum absolute atomic E-state index is 2.57. The van der Waals surface area contributed by atoms with Gasteiger partial charge in [0.1, 0.15) is 0 Å².